The maximum atomic E-state index is 11.8. The van der Waals surface area contributed by atoms with Crippen molar-refractivity contribution in [2.45, 2.75) is 19.9 Å². The van der Waals surface area contributed by atoms with Crippen LogP contribution in [0.15, 0.2) is 28.7 Å². The molecular weight excluding hydrogens is 336 g/mol. The number of rotatable bonds is 6. The summed E-state index contributed by atoms with van der Waals surface area (Å²) >= 11 is 3.38. The minimum absolute atomic E-state index is 0.0827. The summed E-state index contributed by atoms with van der Waals surface area (Å²) in [5.74, 6) is -1.09. The van der Waals surface area contributed by atoms with Crippen LogP contribution in [-0.2, 0) is 9.59 Å². The van der Waals surface area contributed by atoms with E-state index in [9.17, 15) is 9.59 Å². The first-order chi connectivity index (χ1) is 9.79. The van der Waals surface area contributed by atoms with Crippen LogP contribution in [0.1, 0.15) is 19.4 Å². The highest BCUT2D eigenvalue weighted by molar-refractivity contribution is 9.10. The SMILES string of the molecule is CC(C)NC(=O)CN(C)c1cc(Br)ccc1C=CC(=O)O. The molecule has 0 fully saturated rings. The monoisotopic (exact) mass is 354 g/mol. The second-order valence-electron chi connectivity index (χ2n) is 4.95. The number of hydrogen-bond acceptors (Lipinski definition) is 3. The summed E-state index contributed by atoms with van der Waals surface area (Å²) in [6.45, 7) is 4.00. The molecule has 6 heteroatoms. The number of carboxylic acid groups (broad SMARTS) is 1. The van der Waals surface area contributed by atoms with Crippen LogP contribution in [0.3, 0.4) is 0 Å². The molecule has 1 aromatic rings. The number of nitrogens with zero attached hydrogens (tertiary/aromatic N) is 1. The highest BCUT2D eigenvalue weighted by Gasteiger charge is 2.11. The lowest BCUT2D eigenvalue weighted by molar-refractivity contribution is -0.131. The predicted molar refractivity (Wildman–Crippen MR) is 87.4 cm³/mol. The summed E-state index contributed by atoms with van der Waals surface area (Å²) in [6.07, 6.45) is 2.59. The summed E-state index contributed by atoms with van der Waals surface area (Å²) in [5, 5.41) is 11.6. The summed E-state index contributed by atoms with van der Waals surface area (Å²) in [6, 6.07) is 5.56. The van der Waals surface area contributed by atoms with Crippen molar-refractivity contribution in [3.05, 3.63) is 34.3 Å². The molecule has 0 radical (unpaired) electrons. The van der Waals surface area contributed by atoms with Crippen molar-refractivity contribution >= 4 is 39.6 Å². The summed E-state index contributed by atoms with van der Waals surface area (Å²) in [5.41, 5.74) is 1.52. The fourth-order valence-corrected chi connectivity index (χ4v) is 2.17. The number of anilines is 1. The average molecular weight is 355 g/mol. The minimum Gasteiger partial charge on any atom is -0.478 e. The van der Waals surface area contributed by atoms with E-state index in [0.29, 0.717) is 0 Å². The van der Waals surface area contributed by atoms with E-state index in [4.69, 9.17) is 5.11 Å². The Bertz CT molecular complexity index is 556. The fraction of sp³-hybridized carbons (Fsp3) is 0.333. The Labute approximate surface area is 132 Å². The number of carbonyl (C=O) groups is 2. The molecule has 5 nitrogen and oxygen atoms in total. The van der Waals surface area contributed by atoms with Gasteiger partial charge in [-0.15, -0.1) is 0 Å². The van der Waals surface area contributed by atoms with Gasteiger partial charge in [0, 0.05) is 29.3 Å². The third-order valence-corrected chi connectivity index (χ3v) is 3.13. The van der Waals surface area contributed by atoms with Gasteiger partial charge in [0.05, 0.1) is 6.54 Å². The molecule has 0 unspecified atom stereocenters. The maximum absolute atomic E-state index is 11.8. The highest BCUT2D eigenvalue weighted by atomic mass is 79.9. The van der Waals surface area contributed by atoms with Gasteiger partial charge in [0.15, 0.2) is 0 Å². The van der Waals surface area contributed by atoms with E-state index in [1.54, 1.807) is 18.0 Å². The Morgan fingerprint density at radius 1 is 1.43 bits per heavy atom. The third-order valence-electron chi connectivity index (χ3n) is 2.64. The number of carboxylic acids is 1. The first-order valence-electron chi connectivity index (χ1n) is 6.50. The van der Waals surface area contributed by atoms with Crippen molar-refractivity contribution in [3.63, 3.8) is 0 Å². The van der Waals surface area contributed by atoms with Gasteiger partial charge in [0.1, 0.15) is 0 Å². The minimum atomic E-state index is -1.01. The lowest BCUT2D eigenvalue weighted by Gasteiger charge is -2.22. The van der Waals surface area contributed by atoms with E-state index in [0.717, 1.165) is 21.8 Å². The molecular formula is C15H19BrN2O3. The zero-order chi connectivity index (χ0) is 16.0. The van der Waals surface area contributed by atoms with Gasteiger partial charge in [-0.25, -0.2) is 4.79 Å². The molecule has 0 aromatic heterocycles. The van der Waals surface area contributed by atoms with Crippen LogP contribution in [0.25, 0.3) is 6.08 Å². The summed E-state index contributed by atoms with van der Waals surface area (Å²) in [7, 11) is 1.79. The molecule has 1 rings (SSSR count). The number of amides is 1. The van der Waals surface area contributed by atoms with Crippen molar-refractivity contribution < 1.29 is 14.7 Å². The number of hydrogen-bond donors (Lipinski definition) is 2. The van der Waals surface area contributed by atoms with Gasteiger partial charge in [0.2, 0.25) is 5.91 Å². The largest absolute Gasteiger partial charge is 0.478 e. The molecule has 114 valence electrons. The van der Waals surface area contributed by atoms with Gasteiger partial charge in [-0.2, -0.15) is 0 Å². The number of likely N-dealkylation sites (N-methyl/N-ethyl adjacent to an activating group) is 1. The first-order valence-corrected chi connectivity index (χ1v) is 7.30. The predicted octanol–water partition coefficient (Wildman–Crippen LogP) is 2.51. The van der Waals surface area contributed by atoms with Gasteiger partial charge in [0.25, 0.3) is 0 Å². The quantitative estimate of drug-likeness (QED) is 0.770. The molecule has 0 aliphatic carbocycles. The average Bonchev–Trinajstić information content (AvgIpc) is 2.35. The zero-order valence-electron chi connectivity index (χ0n) is 12.3. The van der Waals surface area contributed by atoms with Crippen molar-refractivity contribution in [1.82, 2.24) is 5.32 Å². The third kappa shape index (κ3) is 5.99. The van der Waals surface area contributed by atoms with E-state index in [1.807, 2.05) is 26.0 Å². The van der Waals surface area contributed by atoms with Crippen LogP contribution in [0.2, 0.25) is 0 Å². The van der Waals surface area contributed by atoms with E-state index < -0.39 is 5.97 Å². The Kier molecular flexibility index (Phi) is 6.42. The second-order valence-corrected chi connectivity index (χ2v) is 5.87. The maximum Gasteiger partial charge on any atom is 0.328 e. The van der Waals surface area contributed by atoms with Crippen molar-refractivity contribution in [2.75, 3.05) is 18.5 Å². The summed E-state index contributed by atoms with van der Waals surface area (Å²) < 4.78 is 0.862. The van der Waals surface area contributed by atoms with Crippen LogP contribution in [0.5, 0.6) is 0 Å². The fourth-order valence-electron chi connectivity index (χ4n) is 1.82. The van der Waals surface area contributed by atoms with Crippen molar-refractivity contribution in [3.8, 4) is 0 Å². The lowest BCUT2D eigenvalue weighted by Crippen LogP contribution is -2.38. The number of carbonyl (C=O) groups excluding carboxylic acids is 1. The number of nitrogens with one attached hydrogen (secondary N) is 1. The van der Waals surface area contributed by atoms with Gasteiger partial charge in [-0.05, 0) is 37.6 Å². The smallest absolute Gasteiger partial charge is 0.328 e. The molecule has 0 aliphatic heterocycles. The van der Waals surface area contributed by atoms with Crippen LogP contribution in [0.4, 0.5) is 5.69 Å². The van der Waals surface area contributed by atoms with E-state index in [-0.39, 0.29) is 18.5 Å². The normalized spacial score (nSPS) is 10.9. The molecule has 1 aromatic carbocycles. The molecule has 0 saturated carbocycles. The molecule has 0 saturated heterocycles. The first kappa shape index (κ1) is 17.2. The zero-order valence-corrected chi connectivity index (χ0v) is 13.8. The molecule has 0 bridgehead atoms. The van der Waals surface area contributed by atoms with Gasteiger partial charge in [-0.3, -0.25) is 4.79 Å². The van der Waals surface area contributed by atoms with Gasteiger partial charge in [-0.1, -0.05) is 22.0 Å². The molecule has 1 amide bonds. The van der Waals surface area contributed by atoms with Crippen molar-refractivity contribution in [1.29, 1.82) is 0 Å². The Morgan fingerprint density at radius 2 is 2.10 bits per heavy atom. The topological polar surface area (TPSA) is 69.6 Å². The van der Waals surface area contributed by atoms with Crippen LogP contribution in [0, 0.1) is 0 Å². The number of aliphatic carboxylic acids is 1. The molecule has 0 aliphatic rings. The van der Waals surface area contributed by atoms with Crippen LogP contribution >= 0.6 is 15.9 Å². The standard InChI is InChI=1S/C15H19BrN2O3/c1-10(2)17-14(19)9-18(3)13-8-12(16)6-4-11(13)5-7-15(20)21/h4-8,10H,9H2,1-3H3,(H,17,19)(H,20,21). The van der Waals surface area contributed by atoms with Gasteiger partial charge >= 0.3 is 5.97 Å². The second kappa shape index (κ2) is 7.83. The lowest BCUT2D eigenvalue weighted by atomic mass is 10.1. The number of benzene rings is 1. The van der Waals surface area contributed by atoms with E-state index >= 15 is 0 Å². The Balaban J connectivity index is 2.96. The molecule has 21 heavy (non-hydrogen) atoms. The molecule has 2 N–H and O–H groups in total. The molecule has 0 heterocycles. The molecule has 0 spiro atoms. The van der Waals surface area contributed by atoms with E-state index in [2.05, 4.69) is 21.2 Å². The van der Waals surface area contributed by atoms with Crippen LogP contribution in [-0.4, -0.2) is 36.6 Å². The van der Waals surface area contributed by atoms with Crippen molar-refractivity contribution in [2.24, 2.45) is 0 Å². The summed E-state index contributed by atoms with van der Waals surface area (Å²) in [4.78, 5) is 24.3. The van der Waals surface area contributed by atoms with Gasteiger partial charge < -0.3 is 15.3 Å². The number of halogens is 1. The molecule has 0 atom stereocenters. The van der Waals surface area contributed by atoms with Crippen LogP contribution < -0.4 is 10.2 Å². The Hall–Kier alpha value is -1.82. The Morgan fingerprint density at radius 3 is 2.67 bits per heavy atom. The highest BCUT2D eigenvalue weighted by Crippen LogP contribution is 2.25. The van der Waals surface area contributed by atoms with E-state index in [1.165, 1.54) is 6.08 Å².